The standard InChI is InChI=1S/C21H26N2O4/c1-21(2,3)16-8-10-18(11-9-16)27-13-12-22-20(25)23-17-7-5-6-15(14-17)19(24)26-4/h5-11,14H,12-13H2,1-4H3,(H2,22,23,25). The lowest BCUT2D eigenvalue weighted by Gasteiger charge is -2.19. The van der Waals surface area contributed by atoms with Gasteiger partial charge in [-0.2, -0.15) is 0 Å². The fraction of sp³-hybridized carbons (Fsp3) is 0.333. The van der Waals surface area contributed by atoms with Crippen LogP contribution in [0, 0.1) is 0 Å². The first-order valence-corrected chi connectivity index (χ1v) is 8.76. The van der Waals surface area contributed by atoms with Crippen LogP contribution in [0.4, 0.5) is 10.5 Å². The average molecular weight is 370 g/mol. The highest BCUT2D eigenvalue weighted by Gasteiger charge is 2.13. The van der Waals surface area contributed by atoms with Crippen molar-refractivity contribution >= 4 is 17.7 Å². The van der Waals surface area contributed by atoms with Gasteiger partial charge in [-0.1, -0.05) is 39.0 Å². The monoisotopic (exact) mass is 370 g/mol. The molecular formula is C21H26N2O4. The van der Waals surface area contributed by atoms with Crippen LogP contribution < -0.4 is 15.4 Å². The molecule has 6 heteroatoms. The highest BCUT2D eigenvalue weighted by atomic mass is 16.5. The minimum atomic E-state index is -0.454. The van der Waals surface area contributed by atoms with E-state index in [1.165, 1.54) is 12.7 Å². The van der Waals surface area contributed by atoms with Crippen LogP contribution in [0.5, 0.6) is 5.75 Å². The van der Waals surface area contributed by atoms with E-state index in [0.29, 0.717) is 24.4 Å². The van der Waals surface area contributed by atoms with Crippen molar-refractivity contribution < 1.29 is 19.1 Å². The molecule has 0 unspecified atom stereocenters. The zero-order chi connectivity index (χ0) is 19.9. The van der Waals surface area contributed by atoms with Gasteiger partial charge in [0.1, 0.15) is 12.4 Å². The van der Waals surface area contributed by atoms with E-state index in [1.807, 2.05) is 24.3 Å². The van der Waals surface area contributed by atoms with E-state index in [0.717, 1.165) is 5.75 Å². The maximum atomic E-state index is 11.9. The molecule has 2 aromatic carbocycles. The molecule has 0 atom stereocenters. The number of hydrogen-bond donors (Lipinski definition) is 2. The Kier molecular flexibility index (Phi) is 6.82. The van der Waals surface area contributed by atoms with Crippen molar-refractivity contribution in [2.75, 3.05) is 25.6 Å². The molecule has 0 saturated heterocycles. The van der Waals surface area contributed by atoms with Crippen molar-refractivity contribution in [3.63, 3.8) is 0 Å². The number of urea groups is 1. The van der Waals surface area contributed by atoms with Crippen LogP contribution in [0.15, 0.2) is 48.5 Å². The largest absolute Gasteiger partial charge is 0.492 e. The Hall–Kier alpha value is -3.02. The second kappa shape index (κ2) is 9.07. The molecule has 2 N–H and O–H groups in total. The van der Waals surface area contributed by atoms with E-state index in [-0.39, 0.29) is 11.4 Å². The number of methoxy groups -OCH3 is 1. The summed E-state index contributed by atoms with van der Waals surface area (Å²) in [6.07, 6.45) is 0. The molecule has 0 saturated carbocycles. The molecule has 0 radical (unpaired) electrons. The molecule has 0 bridgehead atoms. The number of nitrogens with one attached hydrogen (secondary N) is 2. The molecule has 6 nitrogen and oxygen atoms in total. The predicted octanol–water partition coefficient (Wildman–Crippen LogP) is 3.97. The van der Waals surface area contributed by atoms with Crippen molar-refractivity contribution in [3.8, 4) is 5.75 Å². The van der Waals surface area contributed by atoms with Crippen molar-refractivity contribution in [2.24, 2.45) is 0 Å². The summed E-state index contributed by atoms with van der Waals surface area (Å²) in [4.78, 5) is 23.4. The lowest BCUT2D eigenvalue weighted by atomic mass is 9.87. The average Bonchev–Trinajstić information content (AvgIpc) is 2.64. The molecule has 144 valence electrons. The van der Waals surface area contributed by atoms with Gasteiger partial charge in [-0.25, -0.2) is 9.59 Å². The SMILES string of the molecule is COC(=O)c1cccc(NC(=O)NCCOc2ccc(C(C)(C)C)cc2)c1. The summed E-state index contributed by atoms with van der Waals surface area (Å²) < 4.78 is 10.3. The Bertz CT molecular complexity index is 780. The van der Waals surface area contributed by atoms with Crippen molar-refractivity contribution in [1.29, 1.82) is 0 Å². The fourth-order valence-electron chi connectivity index (χ4n) is 2.40. The van der Waals surface area contributed by atoms with E-state index in [1.54, 1.807) is 24.3 Å². The van der Waals surface area contributed by atoms with E-state index in [9.17, 15) is 9.59 Å². The van der Waals surface area contributed by atoms with Crippen LogP contribution in [-0.4, -0.2) is 32.3 Å². The molecule has 0 aliphatic heterocycles. The summed E-state index contributed by atoms with van der Waals surface area (Å²) in [6, 6.07) is 14.1. The topological polar surface area (TPSA) is 76.7 Å². The van der Waals surface area contributed by atoms with Gasteiger partial charge in [0.2, 0.25) is 0 Å². The summed E-state index contributed by atoms with van der Waals surface area (Å²) in [5.41, 5.74) is 2.22. The van der Waals surface area contributed by atoms with E-state index in [2.05, 4.69) is 36.1 Å². The number of benzene rings is 2. The maximum Gasteiger partial charge on any atom is 0.337 e. The Morgan fingerprint density at radius 1 is 1.04 bits per heavy atom. The Morgan fingerprint density at radius 3 is 2.37 bits per heavy atom. The van der Waals surface area contributed by atoms with Gasteiger partial charge in [0.05, 0.1) is 19.2 Å². The first-order chi connectivity index (χ1) is 12.8. The molecular weight excluding hydrogens is 344 g/mol. The van der Waals surface area contributed by atoms with Gasteiger partial charge in [-0.3, -0.25) is 0 Å². The van der Waals surface area contributed by atoms with E-state index in [4.69, 9.17) is 4.74 Å². The molecule has 0 heterocycles. The van der Waals surface area contributed by atoms with Crippen LogP contribution in [0.2, 0.25) is 0 Å². The third-order valence-electron chi connectivity index (χ3n) is 3.92. The van der Waals surface area contributed by atoms with Gasteiger partial charge in [0.25, 0.3) is 0 Å². The minimum absolute atomic E-state index is 0.101. The van der Waals surface area contributed by atoms with Gasteiger partial charge in [0, 0.05) is 5.69 Å². The van der Waals surface area contributed by atoms with Crippen LogP contribution in [0.25, 0.3) is 0 Å². The summed E-state index contributed by atoms with van der Waals surface area (Å²) >= 11 is 0. The molecule has 2 rings (SSSR count). The highest BCUT2D eigenvalue weighted by molar-refractivity contribution is 5.93. The smallest absolute Gasteiger partial charge is 0.337 e. The number of carbonyl (C=O) groups is 2. The number of carbonyl (C=O) groups excluding carboxylic acids is 2. The quantitative estimate of drug-likeness (QED) is 0.596. The summed E-state index contributed by atoms with van der Waals surface area (Å²) in [7, 11) is 1.31. The lowest BCUT2D eigenvalue weighted by Crippen LogP contribution is -2.32. The zero-order valence-corrected chi connectivity index (χ0v) is 16.2. The van der Waals surface area contributed by atoms with Gasteiger partial charge >= 0.3 is 12.0 Å². The van der Waals surface area contributed by atoms with E-state index < -0.39 is 5.97 Å². The van der Waals surface area contributed by atoms with E-state index >= 15 is 0 Å². The van der Waals surface area contributed by atoms with Crippen LogP contribution in [-0.2, 0) is 10.2 Å². The summed E-state index contributed by atoms with van der Waals surface area (Å²) in [5.74, 6) is 0.306. The summed E-state index contributed by atoms with van der Waals surface area (Å²) in [6.45, 7) is 7.18. The fourth-order valence-corrected chi connectivity index (χ4v) is 2.40. The summed E-state index contributed by atoms with van der Waals surface area (Å²) in [5, 5.41) is 5.38. The van der Waals surface area contributed by atoms with Crippen molar-refractivity contribution in [2.45, 2.75) is 26.2 Å². The van der Waals surface area contributed by atoms with Gasteiger partial charge in [-0.05, 0) is 41.3 Å². The highest BCUT2D eigenvalue weighted by Crippen LogP contribution is 2.24. The molecule has 0 spiro atoms. The van der Waals surface area contributed by atoms with Gasteiger partial charge in [0.15, 0.2) is 0 Å². The molecule has 0 aromatic heterocycles. The van der Waals surface area contributed by atoms with Crippen LogP contribution in [0.1, 0.15) is 36.7 Å². The number of rotatable bonds is 6. The maximum absolute atomic E-state index is 11.9. The molecule has 2 aromatic rings. The van der Waals surface area contributed by atoms with Crippen LogP contribution >= 0.6 is 0 Å². The van der Waals surface area contributed by atoms with Crippen molar-refractivity contribution in [3.05, 3.63) is 59.7 Å². The number of anilines is 1. The number of hydrogen-bond acceptors (Lipinski definition) is 4. The first kappa shape index (κ1) is 20.3. The molecule has 0 fully saturated rings. The Labute approximate surface area is 159 Å². The Balaban J connectivity index is 1.76. The third-order valence-corrected chi connectivity index (χ3v) is 3.92. The number of amides is 2. The molecule has 2 amide bonds. The predicted molar refractivity (Wildman–Crippen MR) is 105 cm³/mol. The second-order valence-electron chi connectivity index (χ2n) is 7.08. The van der Waals surface area contributed by atoms with Gasteiger partial charge < -0.3 is 20.1 Å². The third kappa shape index (κ3) is 6.33. The normalized spacial score (nSPS) is 10.8. The van der Waals surface area contributed by atoms with Crippen LogP contribution in [0.3, 0.4) is 0 Å². The molecule has 0 aliphatic rings. The Morgan fingerprint density at radius 2 is 1.74 bits per heavy atom. The lowest BCUT2D eigenvalue weighted by molar-refractivity contribution is 0.0600. The number of esters is 1. The first-order valence-electron chi connectivity index (χ1n) is 8.76. The number of ether oxygens (including phenoxy) is 2. The molecule has 27 heavy (non-hydrogen) atoms. The van der Waals surface area contributed by atoms with Gasteiger partial charge in [-0.15, -0.1) is 0 Å². The molecule has 0 aliphatic carbocycles. The minimum Gasteiger partial charge on any atom is -0.492 e. The van der Waals surface area contributed by atoms with Crippen molar-refractivity contribution in [1.82, 2.24) is 5.32 Å². The zero-order valence-electron chi connectivity index (χ0n) is 16.2. The second-order valence-corrected chi connectivity index (χ2v) is 7.08.